The molecule has 0 atom stereocenters. The zero-order valence-corrected chi connectivity index (χ0v) is 16.4. The van der Waals surface area contributed by atoms with Crippen LogP contribution in [0.25, 0.3) is 21.7 Å². The molecule has 0 aliphatic rings. The highest BCUT2D eigenvalue weighted by Gasteiger charge is 2.05. The molecule has 0 amide bonds. The van der Waals surface area contributed by atoms with Crippen LogP contribution < -0.4 is 0 Å². The number of thiazole rings is 1. The van der Waals surface area contributed by atoms with E-state index < -0.39 is 0 Å². The van der Waals surface area contributed by atoms with Gasteiger partial charge in [-0.15, -0.1) is 11.3 Å². The smallest absolute Gasteiger partial charge is 0.181 e. The van der Waals surface area contributed by atoms with Crippen LogP contribution in [0.15, 0.2) is 64.9 Å². The first kappa shape index (κ1) is 18.4. The van der Waals surface area contributed by atoms with Gasteiger partial charge < -0.3 is 4.42 Å². The SMILES string of the molecule is Cc1cccc(-c2ncoc2C)c1.Cc1ncsc1-c1cccc(Cl)c1. The van der Waals surface area contributed by atoms with Crippen molar-refractivity contribution < 1.29 is 4.42 Å². The van der Waals surface area contributed by atoms with Gasteiger partial charge in [0.05, 0.1) is 16.1 Å². The molecule has 0 saturated carbocycles. The summed E-state index contributed by atoms with van der Waals surface area (Å²) in [6.45, 7) is 6.00. The number of hydrogen-bond acceptors (Lipinski definition) is 4. The molecule has 4 aromatic rings. The van der Waals surface area contributed by atoms with E-state index in [1.165, 1.54) is 16.8 Å². The summed E-state index contributed by atoms with van der Waals surface area (Å²) in [5, 5.41) is 0.769. The number of aryl methyl sites for hydroxylation is 3. The molecule has 0 unspecified atom stereocenters. The third-order valence-corrected chi connectivity index (χ3v) is 5.08. The molecule has 0 radical (unpaired) electrons. The number of aromatic nitrogens is 2. The molecule has 0 aliphatic heterocycles. The summed E-state index contributed by atoms with van der Waals surface area (Å²) in [5.74, 6) is 0.866. The van der Waals surface area contributed by atoms with E-state index >= 15 is 0 Å². The maximum atomic E-state index is 5.90. The Kier molecular flexibility index (Phi) is 5.86. The second kappa shape index (κ2) is 8.30. The van der Waals surface area contributed by atoms with Crippen LogP contribution in [-0.4, -0.2) is 9.97 Å². The Morgan fingerprint density at radius 2 is 1.69 bits per heavy atom. The number of oxazole rings is 1. The highest BCUT2D eigenvalue weighted by atomic mass is 35.5. The average Bonchev–Trinajstić information content (AvgIpc) is 3.24. The number of halogens is 1. The van der Waals surface area contributed by atoms with Gasteiger partial charge in [-0.05, 0) is 44.5 Å². The fourth-order valence-corrected chi connectivity index (χ4v) is 3.58. The largest absolute Gasteiger partial charge is 0.448 e. The van der Waals surface area contributed by atoms with Crippen LogP contribution in [0.5, 0.6) is 0 Å². The van der Waals surface area contributed by atoms with Gasteiger partial charge in [0.2, 0.25) is 0 Å². The Labute approximate surface area is 162 Å². The standard InChI is InChI=1S/C11H11NO.C10H8ClNS/c1-8-4-3-5-10(6-8)11-9(2)13-7-12-11;1-7-10(13-6-12-7)8-3-2-4-9(11)5-8/h3-7H,1-2H3;2-6H,1H3. The molecule has 4 rings (SSSR count). The van der Waals surface area contributed by atoms with Crippen molar-refractivity contribution in [2.45, 2.75) is 20.8 Å². The summed E-state index contributed by atoms with van der Waals surface area (Å²) in [6, 6.07) is 16.1. The molecule has 0 N–H and O–H groups in total. The van der Waals surface area contributed by atoms with Gasteiger partial charge in [-0.1, -0.05) is 47.5 Å². The zero-order valence-electron chi connectivity index (χ0n) is 14.9. The fourth-order valence-electron chi connectivity index (χ4n) is 2.58. The molecule has 0 saturated heterocycles. The molecule has 2 heterocycles. The van der Waals surface area contributed by atoms with Crippen LogP contribution in [0.4, 0.5) is 0 Å². The topological polar surface area (TPSA) is 38.9 Å². The Hall–Kier alpha value is -2.43. The van der Waals surface area contributed by atoms with E-state index in [1.807, 2.05) is 55.8 Å². The van der Waals surface area contributed by atoms with Crippen LogP contribution in [0, 0.1) is 20.8 Å². The first-order chi connectivity index (χ1) is 12.5. The van der Waals surface area contributed by atoms with Crippen molar-refractivity contribution in [2.75, 3.05) is 0 Å². The van der Waals surface area contributed by atoms with E-state index in [-0.39, 0.29) is 0 Å². The second-order valence-electron chi connectivity index (χ2n) is 5.90. The molecule has 5 heteroatoms. The van der Waals surface area contributed by atoms with Crippen molar-refractivity contribution in [3.63, 3.8) is 0 Å². The molecule has 26 heavy (non-hydrogen) atoms. The van der Waals surface area contributed by atoms with Crippen molar-refractivity contribution in [2.24, 2.45) is 0 Å². The maximum Gasteiger partial charge on any atom is 0.181 e. The van der Waals surface area contributed by atoms with Crippen LogP contribution in [0.2, 0.25) is 5.02 Å². The molecule has 0 bridgehead atoms. The van der Waals surface area contributed by atoms with E-state index in [9.17, 15) is 0 Å². The van der Waals surface area contributed by atoms with Gasteiger partial charge in [-0.3, -0.25) is 0 Å². The summed E-state index contributed by atoms with van der Waals surface area (Å²) < 4.78 is 5.15. The van der Waals surface area contributed by atoms with Gasteiger partial charge in [-0.2, -0.15) is 0 Å². The summed E-state index contributed by atoms with van der Waals surface area (Å²) in [5.41, 5.74) is 7.35. The molecular formula is C21H19ClN2OS. The monoisotopic (exact) mass is 382 g/mol. The highest BCUT2D eigenvalue weighted by Crippen LogP contribution is 2.28. The van der Waals surface area contributed by atoms with Crippen molar-refractivity contribution in [3.05, 3.63) is 82.5 Å². The zero-order chi connectivity index (χ0) is 18.5. The number of benzene rings is 2. The molecule has 2 aromatic carbocycles. The van der Waals surface area contributed by atoms with Gasteiger partial charge in [0.1, 0.15) is 11.5 Å². The predicted octanol–water partition coefficient (Wildman–Crippen LogP) is 6.73. The van der Waals surface area contributed by atoms with E-state index in [2.05, 4.69) is 29.0 Å². The quantitative estimate of drug-likeness (QED) is 0.385. The highest BCUT2D eigenvalue weighted by molar-refractivity contribution is 7.13. The van der Waals surface area contributed by atoms with Crippen molar-refractivity contribution in [1.82, 2.24) is 9.97 Å². The Bertz CT molecular complexity index is 925. The Morgan fingerprint density at radius 3 is 2.31 bits per heavy atom. The lowest BCUT2D eigenvalue weighted by Gasteiger charge is -1.98. The Balaban J connectivity index is 0.000000151. The molecule has 0 fully saturated rings. The third kappa shape index (κ3) is 4.40. The molecule has 3 nitrogen and oxygen atoms in total. The second-order valence-corrected chi connectivity index (χ2v) is 7.20. The number of hydrogen-bond donors (Lipinski definition) is 0. The maximum absolute atomic E-state index is 5.90. The van der Waals surface area contributed by atoms with Crippen LogP contribution in [0.3, 0.4) is 0 Å². The van der Waals surface area contributed by atoms with E-state index in [0.29, 0.717) is 0 Å². The average molecular weight is 383 g/mol. The van der Waals surface area contributed by atoms with Crippen LogP contribution in [0.1, 0.15) is 17.0 Å². The van der Waals surface area contributed by atoms with E-state index in [1.54, 1.807) is 11.3 Å². The lowest BCUT2D eigenvalue weighted by Crippen LogP contribution is -1.81. The number of rotatable bonds is 2. The minimum atomic E-state index is 0.769. The van der Waals surface area contributed by atoms with Gasteiger partial charge >= 0.3 is 0 Å². The molecular weight excluding hydrogens is 364 g/mol. The summed E-state index contributed by atoms with van der Waals surface area (Å²) in [7, 11) is 0. The van der Waals surface area contributed by atoms with Crippen LogP contribution >= 0.6 is 22.9 Å². The summed E-state index contributed by atoms with van der Waals surface area (Å²) in [6.07, 6.45) is 1.48. The van der Waals surface area contributed by atoms with Crippen molar-refractivity contribution >= 4 is 22.9 Å². The van der Waals surface area contributed by atoms with Gasteiger partial charge in [0.25, 0.3) is 0 Å². The fraction of sp³-hybridized carbons (Fsp3) is 0.143. The van der Waals surface area contributed by atoms with Gasteiger partial charge in [0, 0.05) is 10.6 Å². The minimum absolute atomic E-state index is 0.769. The normalized spacial score (nSPS) is 10.3. The lowest BCUT2D eigenvalue weighted by atomic mass is 10.1. The van der Waals surface area contributed by atoms with Crippen molar-refractivity contribution in [3.8, 4) is 21.7 Å². The van der Waals surface area contributed by atoms with Gasteiger partial charge in [0.15, 0.2) is 6.39 Å². The Morgan fingerprint density at radius 1 is 0.923 bits per heavy atom. The van der Waals surface area contributed by atoms with E-state index in [0.717, 1.165) is 33.3 Å². The molecule has 2 aromatic heterocycles. The molecule has 0 spiro atoms. The first-order valence-electron chi connectivity index (χ1n) is 8.17. The van der Waals surface area contributed by atoms with Crippen LogP contribution in [-0.2, 0) is 0 Å². The first-order valence-corrected chi connectivity index (χ1v) is 9.43. The lowest BCUT2D eigenvalue weighted by molar-refractivity contribution is 0.527. The van der Waals surface area contributed by atoms with Crippen molar-refractivity contribution in [1.29, 1.82) is 0 Å². The predicted molar refractivity (Wildman–Crippen MR) is 109 cm³/mol. The summed E-state index contributed by atoms with van der Waals surface area (Å²) >= 11 is 7.54. The molecule has 132 valence electrons. The minimum Gasteiger partial charge on any atom is -0.448 e. The number of nitrogens with zero attached hydrogens (tertiary/aromatic N) is 2. The third-order valence-electron chi connectivity index (χ3n) is 3.87. The summed E-state index contributed by atoms with van der Waals surface area (Å²) in [4.78, 5) is 9.56. The van der Waals surface area contributed by atoms with Gasteiger partial charge in [-0.25, -0.2) is 9.97 Å². The molecule has 0 aliphatic carbocycles. The van der Waals surface area contributed by atoms with E-state index in [4.69, 9.17) is 16.0 Å².